The van der Waals surface area contributed by atoms with Gasteiger partial charge >= 0.3 is 11.6 Å². The Bertz CT molecular complexity index is 1770. The van der Waals surface area contributed by atoms with Crippen molar-refractivity contribution in [2.24, 2.45) is 0 Å². The molecule has 0 bridgehead atoms. The first-order valence-electron chi connectivity index (χ1n) is 13.8. The van der Waals surface area contributed by atoms with E-state index in [2.05, 4.69) is 25.8 Å². The van der Waals surface area contributed by atoms with Crippen molar-refractivity contribution in [3.63, 3.8) is 0 Å². The lowest BCUT2D eigenvalue weighted by atomic mass is 10.1. The Morgan fingerprint density at radius 2 is 1.83 bits per heavy atom. The number of carbonyl (C=O) groups is 2. The van der Waals surface area contributed by atoms with Crippen LogP contribution in [0.4, 0.5) is 20.3 Å². The summed E-state index contributed by atoms with van der Waals surface area (Å²) < 4.78 is 57.2. The van der Waals surface area contributed by atoms with Crippen LogP contribution in [0.5, 0.6) is 0 Å². The highest BCUT2D eigenvalue weighted by molar-refractivity contribution is 7.88. The third-order valence-corrected chi connectivity index (χ3v) is 9.16. The fourth-order valence-electron chi connectivity index (χ4n) is 4.77. The molecule has 1 aromatic carbocycles. The number of nitrogens with two attached hydrogens (primary N) is 1. The van der Waals surface area contributed by atoms with Crippen LogP contribution in [0.2, 0.25) is 10.0 Å². The molecule has 21 heteroatoms. The Morgan fingerprint density at radius 1 is 1.19 bits per heavy atom. The minimum Gasteiger partial charge on any atom is -0.394 e. The van der Waals surface area contributed by atoms with E-state index in [1.807, 2.05) is 0 Å². The molecule has 256 valence electrons. The van der Waals surface area contributed by atoms with Gasteiger partial charge in [0.15, 0.2) is 6.10 Å². The van der Waals surface area contributed by atoms with Crippen molar-refractivity contribution in [1.82, 2.24) is 29.4 Å². The lowest BCUT2D eigenvalue weighted by Gasteiger charge is -2.30. The van der Waals surface area contributed by atoms with Crippen molar-refractivity contribution in [1.29, 1.82) is 0 Å². The molecule has 2 fully saturated rings. The molecule has 2 aliphatic rings. The number of H-pyrrole nitrogens is 1. The molecule has 3 atom stereocenters. The molecular weight excluding hydrogens is 693 g/mol. The molecule has 2 aromatic heterocycles. The fourth-order valence-corrected chi connectivity index (χ4v) is 6.21. The number of sulfonamides is 1. The van der Waals surface area contributed by atoms with Crippen molar-refractivity contribution < 1.29 is 41.7 Å². The highest BCUT2D eigenvalue weighted by atomic mass is 35.5. The minimum absolute atomic E-state index is 0.0760. The largest absolute Gasteiger partial charge is 0.394 e. The zero-order chi connectivity index (χ0) is 34.7. The van der Waals surface area contributed by atoms with Gasteiger partial charge in [-0.3, -0.25) is 19.3 Å². The summed E-state index contributed by atoms with van der Waals surface area (Å²) >= 11 is 12.1. The lowest BCUT2D eigenvalue weighted by Crippen LogP contribution is -2.46. The van der Waals surface area contributed by atoms with Crippen LogP contribution in [0.15, 0.2) is 41.5 Å². The van der Waals surface area contributed by atoms with E-state index in [-0.39, 0.29) is 38.8 Å². The zero-order valence-corrected chi connectivity index (χ0v) is 26.8. The average Bonchev–Trinajstić information content (AvgIpc) is 3.54. The van der Waals surface area contributed by atoms with Crippen LogP contribution in [-0.4, -0.2) is 105 Å². The number of halogens is 4. The van der Waals surface area contributed by atoms with Crippen molar-refractivity contribution in [3.05, 3.63) is 68.4 Å². The standard InChI is InChI=1S/C17H19Cl2N5O4S.C9H11F2N3O4/c1-29(27,28)24-7-5-10(6-8-24)21-17(26)15-13(9-20-23-15)22-16(25)14-11(18)3-2-4-12(14)19;10-9(11)6(16)4(3-15)18-7(9)14-2-1-5(12)13-8(14)17/h2-4,9-10H,5-8H2,1H3,(H,20,23)(H,21,26)(H,22,25);1-2,4,6-7,15-16H,3H2,(H2,12,13,17)/t;4-,6-,7-/m.1/s1. The maximum atomic E-state index is 13.7. The summed E-state index contributed by atoms with van der Waals surface area (Å²) in [5.74, 6) is -4.86. The molecule has 2 aliphatic heterocycles. The first-order chi connectivity index (χ1) is 22.0. The van der Waals surface area contributed by atoms with Crippen LogP contribution in [0.1, 0.15) is 39.9 Å². The summed E-state index contributed by atoms with van der Waals surface area (Å²) in [6.07, 6.45) is -1.24. The molecule has 0 unspecified atom stereocenters. The molecule has 0 spiro atoms. The Labute approximate surface area is 275 Å². The number of nitrogens with one attached hydrogen (secondary N) is 3. The third kappa shape index (κ3) is 8.23. The third-order valence-electron chi connectivity index (χ3n) is 7.23. The number of benzene rings is 1. The monoisotopic (exact) mass is 722 g/mol. The second kappa shape index (κ2) is 14.6. The number of carbonyl (C=O) groups excluding carboxylic acids is 2. The predicted molar refractivity (Wildman–Crippen MR) is 165 cm³/mol. The van der Waals surface area contributed by atoms with Crippen molar-refractivity contribution in [3.8, 4) is 0 Å². The van der Waals surface area contributed by atoms with Gasteiger partial charge in [-0.25, -0.2) is 17.5 Å². The van der Waals surface area contributed by atoms with Crippen LogP contribution in [-0.2, 0) is 14.8 Å². The first-order valence-corrected chi connectivity index (χ1v) is 16.4. The highest BCUT2D eigenvalue weighted by Crippen LogP contribution is 2.42. The van der Waals surface area contributed by atoms with E-state index in [1.165, 1.54) is 22.6 Å². The molecule has 5 rings (SSSR count). The Hall–Kier alpha value is -3.72. The van der Waals surface area contributed by atoms with E-state index >= 15 is 0 Å². The van der Waals surface area contributed by atoms with Gasteiger partial charge in [-0.1, -0.05) is 29.3 Å². The number of alkyl halides is 2. The quantitative estimate of drug-likeness (QED) is 0.200. The number of anilines is 2. The maximum Gasteiger partial charge on any atom is 0.351 e. The van der Waals surface area contributed by atoms with Gasteiger partial charge in [-0.15, -0.1) is 0 Å². The number of ether oxygens (including phenoxy) is 1. The van der Waals surface area contributed by atoms with E-state index in [4.69, 9.17) is 38.8 Å². The van der Waals surface area contributed by atoms with Gasteiger partial charge < -0.3 is 31.3 Å². The van der Waals surface area contributed by atoms with E-state index in [9.17, 15) is 36.7 Å². The number of hydrogen-bond donors (Lipinski definition) is 6. The SMILES string of the molecule is CS(=O)(=O)N1CCC(NC(=O)c2[nH]ncc2NC(=O)c2c(Cl)cccc2Cl)CC1.Nc1ccn([C@@H]2O[C@H](CO)[C@@H](O)C2(F)F)c(=O)n1. The van der Waals surface area contributed by atoms with Crippen LogP contribution >= 0.6 is 23.2 Å². The Morgan fingerprint density at radius 3 is 2.38 bits per heavy atom. The summed E-state index contributed by atoms with van der Waals surface area (Å²) in [5, 5.41) is 30.3. The Kier molecular flexibility index (Phi) is 11.2. The summed E-state index contributed by atoms with van der Waals surface area (Å²) in [5.41, 5.74) is 4.56. The molecular formula is C26H30Cl2F2N8O8S. The molecule has 4 heterocycles. The van der Waals surface area contributed by atoms with Crippen LogP contribution in [0.25, 0.3) is 0 Å². The number of aliphatic hydroxyl groups excluding tert-OH is 2. The van der Waals surface area contributed by atoms with Crippen LogP contribution < -0.4 is 22.1 Å². The number of amides is 2. The summed E-state index contributed by atoms with van der Waals surface area (Å²) in [7, 11) is -3.24. The number of aromatic amines is 1. The van der Waals surface area contributed by atoms with E-state index in [1.54, 1.807) is 6.07 Å². The average molecular weight is 724 g/mol. The maximum absolute atomic E-state index is 13.7. The van der Waals surface area contributed by atoms with Crippen molar-refractivity contribution in [2.45, 2.75) is 43.2 Å². The van der Waals surface area contributed by atoms with Gasteiger partial charge in [-0.2, -0.15) is 18.9 Å². The molecule has 0 radical (unpaired) electrons. The van der Waals surface area contributed by atoms with Gasteiger partial charge in [0.2, 0.25) is 16.3 Å². The minimum atomic E-state index is -3.71. The molecule has 3 aromatic rings. The molecule has 2 amide bonds. The van der Waals surface area contributed by atoms with Gasteiger partial charge in [0.05, 0.1) is 40.4 Å². The van der Waals surface area contributed by atoms with E-state index in [0.717, 1.165) is 18.5 Å². The molecule has 0 aliphatic carbocycles. The van der Waals surface area contributed by atoms with Crippen molar-refractivity contribution >= 4 is 56.5 Å². The zero-order valence-electron chi connectivity index (χ0n) is 24.4. The number of piperidine rings is 1. The molecule has 0 saturated carbocycles. The highest BCUT2D eigenvalue weighted by Gasteiger charge is 2.59. The number of aromatic nitrogens is 4. The second-order valence-electron chi connectivity index (χ2n) is 10.5. The van der Waals surface area contributed by atoms with Crippen molar-refractivity contribution in [2.75, 3.05) is 37.0 Å². The number of nitrogen functional groups attached to an aromatic ring is 1. The fraction of sp³-hybridized carbons (Fsp3) is 0.423. The molecule has 47 heavy (non-hydrogen) atoms. The topological polar surface area (TPSA) is 235 Å². The number of hydrogen-bond acceptors (Lipinski definition) is 11. The van der Waals surface area contributed by atoms with Gasteiger partial charge in [0.1, 0.15) is 17.6 Å². The molecule has 7 N–H and O–H groups in total. The predicted octanol–water partition coefficient (Wildman–Crippen LogP) is 0.834. The van der Waals surface area contributed by atoms with Crippen LogP contribution in [0, 0.1) is 0 Å². The lowest BCUT2D eigenvalue weighted by molar-refractivity contribution is -0.140. The number of nitrogens with zero attached hydrogens (tertiary/aromatic N) is 4. The van der Waals surface area contributed by atoms with Gasteiger partial charge in [-0.05, 0) is 31.0 Å². The molecule has 16 nitrogen and oxygen atoms in total. The van der Waals surface area contributed by atoms with E-state index < -0.39 is 58.5 Å². The normalized spacial score (nSPS) is 21.5. The second-order valence-corrected chi connectivity index (χ2v) is 13.3. The van der Waals surface area contributed by atoms with Crippen LogP contribution in [0.3, 0.4) is 0 Å². The van der Waals surface area contributed by atoms with Gasteiger partial charge in [0.25, 0.3) is 11.8 Å². The molecule has 2 saturated heterocycles. The number of rotatable bonds is 7. The smallest absolute Gasteiger partial charge is 0.351 e. The van der Waals surface area contributed by atoms with Gasteiger partial charge in [0, 0.05) is 25.3 Å². The Balaban J connectivity index is 0.000000238. The summed E-state index contributed by atoms with van der Waals surface area (Å²) in [6, 6.07) is 5.65. The van der Waals surface area contributed by atoms with E-state index in [0.29, 0.717) is 30.5 Å². The first kappa shape index (κ1) is 36.1. The number of aliphatic hydroxyl groups is 2. The summed E-state index contributed by atoms with van der Waals surface area (Å²) in [6.45, 7) is -0.118. The summed E-state index contributed by atoms with van der Waals surface area (Å²) in [4.78, 5) is 39.9.